The van der Waals surface area contributed by atoms with Gasteiger partial charge in [0, 0.05) is 22.9 Å². The quantitative estimate of drug-likeness (QED) is 0.738. The monoisotopic (exact) mass is 351 g/mol. The van der Waals surface area contributed by atoms with Crippen molar-refractivity contribution in [3.63, 3.8) is 0 Å². The van der Waals surface area contributed by atoms with E-state index in [1.54, 1.807) is 4.31 Å². The second-order valence-corrected chi connectivity index (χ2v) is 7.65. The average molecular weight is 353 g/mol. The molecule has 3 nitrogen and oxygen atoms in total. The molecule has 1 aliphatic rings. The van der Waals surface area contributed by atoms with E-state index in [0.717, 1.165) is 22.9 Å². The number of alkyl halides is 1. The smallest absolute Gasteiger partial charge is 0.212 e. The lowest BCUT2D eigenvalue weighted by Gasteiger charge is -2.22. The van der Waals surface area contributed by atoms with Gasteiger partial charge in [0.05, 0.1) is 5.75 Å². The van der Waals surface area contributed by atoms with Gasteiger partial charge in [0.25, 0.3) is 0 Å². The van der Waals surface area contributed by atoms with E-state index in [1.165, 1.54) is 0 Å². The molecule has 1 aromatic rings. The molecule has 1 fully saturated rings. The van der Waals surface area contributed by atoms with E-state index in [4.69, 9.17) is 11.6 Å². The maximum Gasteiger partial charge on any atom is 0.215 e. The van der Waals surface area contributed by atoms with Gasteiger partial charge in [-0.15, -0.1) is 11.6 Å². The molecule has 1 aliphatic carbocycles. The molecule has 0 atom stereocenters. The van der Waals surface area contributed by atoms with Crippen molar-refractivity contribution in [2.45, 2.75) is 25.4 Å². The lowest BCUT2D eigenvalue weighted by Crippen LogP contribution is -2.35. The van der Waals surface area contributed by atoms with E-state index in [2.05, 4.69) is 15.9 Å². The molecule has 0 aromatic heterocycles. The van der Waals surface area contributed by atoms with Crippen molar-refractivity contribution in [3.8, 4) is 0 Å². The number of nitrogens with zero attached hydrogens (tertiary/aromatic N) is 1. The highest BCUT2D eigenvalue weighted by Gasteiger charge is 2.36. The third-order valence-corrected chi connectivity index (χ3v) is 5.98. The van der Waals surface area contributed by atoms with Crippen molar-refractivity contribution >= 4 is 37.6 Å². The molecule has 6 heteroatoms. The lowest BCUT2D eigenvalue weighted by molar-refractivity contribution is 0.399. The predicted molar refractivity (Wildman–Crippen MR) is 77.2 cm³/mol. The summed E-state index contributed by atoms with van der Waals surface area (Å²) < 4.78 is 26.8. The van der Waals surface area contributed by atoms with Crippen LogP contribution in [0.3, 0.4) is 0 Å². The Kier molecular flexibility index (Phi) is 4.69. The first-order valence-corrected chi connectivity index (χ1v) is 8.77. The number of hydrogen-bond donors (Lipinski definition) is 0. The molecule has 0 saturated heterocycles. The van der Waals surface area contributed by atoms with Crippen LogP contribution in [0.2, 0.25) is 0 Å². The van der Waals surface area contributed by atoms with E-state index in [-0.39, 0.29) is 17.7 Å². The van der Waals surface area contributed by atoms with Crippen molar-refractivity contribution in [1.82, 2.24) is 4.31 Å². The summed E-state index contributed by atoms with van der Waals surface area (Å²) in [5.74, 6) is 0.150. The van der Waals surface area contributed by atoms with Crippen LogP contribution in [0.5, 0.6) is 0 Å². The van der Waals surface area contributed by atoms with Gasteiger partial charge < -0.3 is 0 Å². The summed E-state index contributed by atoms with van der Waals surface area (Å²) in [5.41, 5.74) is 0.988. The van der Waals surface area contributed by atoms with Crippen LogP contribution < -0.4 is 0 Å². The normalized spacial score (nSPS) is 16.2. The van der Waals surface area contributed by atoms with Crippen molar-refractivity contribution < 1.29 is 8.42 Å². The zero-order valence-corrected chi connectivity index (χ0v) is 13.0. The summed E-state index contributed by atoms with van der Waals surface area (Å²) in [4.78, 5) is 0. The molecule has 0 aliphatic heterocycles. The Balaban J connectivity index is 2.20. The zero-order valence-electron chi connectivity index (χ0n) is 9.85. The third-order valence-electron chi connectivity index (χ3n) is 2.93. The number of hydrogen-bond acceptors (Lipinski definition) is 2. The van der Waals surface area contributed by atoms with Gasteiger partial charge in [-0.25, -0.2) is 8.42 Å². The second kappa shape index (κ2) is 5.90. The summed E-state index contributed by atoms with van der Waals surface area (Å²) in [6.45, 7) is 0.422. The number of rotatable bonds is 6. The molecule has 0 N–H and O–H groups in total. The molecule has 0 amide bonds. The van der Waals surface area contributed by atoms with Crippen molar-refractivity contribution in [2.75, 3.05) is 11.6 Å². The zero-order chi connectivity index (χ0) is 13.2. The minimum Gasteiger partial charge on any atom is -0.212 e. The van der Waals surface area contributed by atoms with E-state index in [9.17, 15) is 8.42 Å². The number of halogens is 2. The van der Waals surface area contributed by atoms with Gasteiger partial charge in [0.2, 0.25) is 10.0 Å². The molecule has 1 saturated carbocycles. The Hall–Kier alpha value is -0.100. The Morgan fingerprint density at radius 3 is 2.56 bits per heavy atom. The van der Waals surface area contributed by atoms with Crippen LogP contribution in [0.4, 0.5) is 0 Å². The molecule has 0 unspecified atom stereocenters. The fraction of sp³-hybridized carbons (Fsp3) is 0.500. The van der Waals surface area contributed by atoms with Crippen molar-refractivity contribution in [2.24, 2.45) is 0 Å². The van der Waals surface area contributed by atoms with Crippen molar-refractivity contribution in [3.05, 3.63) is 34.3 Å². The molecule has 0 radical (unpaired) electrons. The summed E-state index contributed by atoms with van der Waals surface area (Å²) in [6.07, 6.45) is 1.90. The van der Waals surface area contributed by atoms with Crippen LogP contribution in [-0.2, 0) is 16.6 Å². The first kappa shape index (κ1) is 14.3. The summed E-state index contributed by atoms with van der Waals surface area (Å²) >= 11 is 9.03. The molecule has 2 rings (SSSR count). The maximum atomic E-state index is 12.2. The molecule has 0 bridgehead atoms. The maximum absolute atomic E-state index is 12.2. The Morgan fingerprint density at radius 2 is 2.00 bits per heavy atom. The highest BCUT2D eigenvalue weighted by Crippen LogP contribution is 2.32. The molecule has 0 heterocycles. The van der Waals surface area contributed by atoms with Gasteiger partial charge in [-0.1, -0.05) is 34.1 Å². The van der Waals surface area contributed by atoms with E-state index >= 15 is 0 Å². The largest absolute Gasteiger partial charge is 0.215 e. The predicted octanol–water partition coefficient (Wildman–Crippen LogP) is 2.98. The van der Waals surface area contributed by atoms with Crippen LogP contribution >= 0.6 is 27.5 Å². The molecule has 18 heavy (non-hydrogen) atoms. The van der Waals surface area contributed by atoms with Gasteiger partial charge in [0.15, 0.2) is 0 Å². The lowest BCUT2D eigenvalue weighted by atomic mass is 10.2. The van der Waals surface area contributed by atoms with Gasteiger partial charge in [0.1, 0.15) is 0 Å². The van der Waals surface area contributed by atoms with Gasteiger partial charge in [-0.3, -0.25) is 0 Å². The fourth-order valence-electron chi connectivity index (χ4n) is 1.83. The molecular weight excluding hydrogens is 338 g/mol. The van der Waals surface area contributed by atoms with E-state index in [0.29, 0.717) is 6.54 Å². The van der Waals surface area contributed by atoms with Crippen LogP contribution in [-0.4, -0.2) is 30.4 Å². The SMILES string of the molecule is O=S(=O)(CCCl)N(Cc1ccccc1Br)C1CC1. The summed E-state index contributed by atoms with van der Waals surface area (Å²) in [7, 11) is -3.24. The first-order valence-electron chi connectivity index (χ1n) is 5.83. The highest BCUT2D eigenvalue weighted by atomic mass is 79.9. The Labute approximate surface area is 121 Å². The number of sulfonamides is 1. The topological polar surface area (TPSA) is 37.4 Å². The molecule has 100 valence electrons. The summed E-state index contributed by atoms with van der Waals surface area (Å²) in [5, 5.41) is 0. The standard InChI is InChI=1S/C12H15BrClNO2S/c13-12-4-2-1-3-10(12)9-15(11-5-6-11)18(16,17)8-7-14/h1-4,11H,5-9H2. The van der Waals surface area contributed by atoms with Crippen LogP contribution in [0, 0.1) is 0 Å². The van der Waals surface area contributed by atoms with Gasteiger partial charge in [-0.2, -0.15) is 4.31 Å². The van der Waals surface area contributed by atoms with Gasteiger partial charge >= 0.3 is 0 Å². The Morgan fingerprint density at radius 1 is 1.33 bits per heavy atom. The highest BCUT2D eigenvalue weighted by molar-refractivity contribution is 9.10. The molecule has 1 aromatic carbocycles. The second-order valence-electron chi connectivity index (χ2n) is 4.37. The van der Waals surface area contributed by atoms with E-state index in [1.807, 2.05) is 24.3 Å². The van der Waals surface area contributed by atoms with E-state index < -0.39 is 10.0 Å². The molecular formula is C12H15BrClNO2S. The average Bonchev–Trinajstić information content (AvgIpc) is 3.11. The Bertz CT molecular complexity index is 517. The van der Waals surface area contributed by atoms with Crippen LogP contribution in [0.15, 0.2) is 28.7 Å². The van der Waals surface area contributed by atoms with Crippen LogP contribution in [0.1, 0.15) is 18.4 Å². The molecule has 0 spiro atoms. The minimum atomic E-state index is -3.24. The summed E-state index contributed by atoms with van der Waals surface area (Å²) in [6, 6.07) is 7.86. The minimum absolute atomic E-state index is 0.00943. The third kappa shape index (κ3) is 3.47. The fourth-order valence-corrected chi connectivity index (χ4v) is 4.25. The van der Waals surface area contributed by atoms with Crippen molar-refractivity contribution in [1.29, 1.82) is 0 Å². The first-order chi connectivity index (χ1) is 8.54. The van der Waals surface area contributed by atoms with Crippen LogP contribution in [0.25, 0.3) is 0 Å². The number of benzene rings is 1. The van der Waals surface area contributed by atoms with Gasteiger partial charge in [-0.05, 0) is 24.5 Å².